The van der Waals surface area contributed by atoms with E-state index in [0.29, 0.717) is 42.9 Å². The lowest BCUT2D eigenvalue weighted by atomic mass is 9.97. The van der Waals surface area contributed by atoms with Crippen LogP contribution < -0.4 is 16.0 Å². The first kappa shape index (κ1) is 19.9. The summed E-state index contributed by atoms with van der Waals surface area (Å²) >= 11 is 0. The van der Waals surface area contributed by atoms with Crippen LogP contribution in [0.1, 0.15) is 45.1 Å². The molecule has 1 aliphatic heterocycles. The van der Waals surface area contributed by atoms with Crippen molar-refractivity contribution in [1.29, 1.82) is 0 Å². The summed E-state index contributed by atoms with van der Waals surface area (Å²) in [5.74, 6) is 1.64. The van der Waals surface area contributed by atoms with Crippen molar-refractivity contribution in [2.24, 2.45) is 5.92 Å². The van der Waals surface area contributed by atoms with E-state index in [1.54, 1.807) is 0 Å². The Kier molecular flexibility index (Phi) is 6.34. The Hall–Kier alpha value is -2.83. The lowest BCUT2D eigenvalue weighted by Crippen LogP contribution is -2.37. The summed E-state index contributed by atoms with van der Waals surface area (Å²) < 4.78 is 5.14. The number of anilines is 4. The van der Waals surface area contributed by atoms with Gasteiger partial charge < -0.3 is 20.7 Å². The molecule has 0 unspecified atom stereocenters. The number of carbonyl (C=O) groups is 1. The first-order valence-electron chi connectivity index (χ1n) is 9.88. The van der Waals surface area contributed by atoms with Crippen LogP contribution >= 0.6 is 0 Å². The van der Waals surface area contributed by atoms with Crippen LogP contribution in [0.2, 0.25) is 0 Å². The lowest BCUT2D eigenvalue weighted by molar-refractivity contribution is -0.148. The van der Waals surface area contributed by atoms with E-state index >= 15 is 0 Å². The fourth-order valence-corrected chi connectivity index (χ4v) is 3.41. The van der Waals surface area contributed by atoms with Crippen molar-refractivity contribution < 1.29 is 9.53 Å². The van der Waals surface area contributed by atoms with Gasteiger partial charge in [0.15, 0.2) is 11.6 Å². The molecule has 7 heteroatoms. The van der Waals surface area contributed by atoms with E-state index in [0.717, 1.165) is 18.5 Å². The van der Waals surface area contributed by atoms with E-state index in [4.69, 9.17) is 10.5 Å². The second-order valence-electron chi connectivity index (χ2n) is 7.37. The van der Waals surface area contributed by atoms with E-state index in [1.807, 2.05) is 19.1 Å². The molecule has 0 saturated carbocycles. The van der Waals surface area contributed by atoms with Crippen LogP contribution in [0.3, 0.4) is 0 Å². The number of ether oxygens (including phenoxy) is 1. The number of piperidine rings is 1. The maximum Gasteiger partial charge on any atom is 0.309 e. The second kappa shape index (κ2) is 8.91. The highest BCUT2D eigenvalue weighted by Gasteiger charge is 2.27. The van der Waals surface area contributed by atoms with Crippen LogP contribution in [0, 0.1) is 5.92 Å². The smallest absolute Gasteiger partial charge is 0.309 e. The van der Waals surface area contributed by atoms with Crippen LogP contribution in [0.25, 0.3) is 0 Å². The molecule has 28 heavy (non-hydrogen) atoms. The number of hydrogen-bond acceptors (Lipinski definition) is 7. The van der Waals surface area contributed by atoms with Crippen molar-refractivity contribution >= 4 is 29.0 Å². The summed E-state index contributed by atoms with van der Waals surface area (Å²) in [6.07, 6.45) is 3.00. The molecule has 0 spiro atoms. The molecule has 3 N–H and O–H groups in total. The minimum Gasteiger partial charge on any atom is -0.466 e. The molecular weight excluding hydrogens is 354 g/mol. The fraction of sp³-hybridized carbons (Fsp3) is 0.476. The van der Waals surface area contributed by atoms with Crippen molar-refractivity contribution in [3.05, 3.63) is 36.2 Å². The molecule has 1 fully saturated rings. The molecule has 1 saturated heterocycles. The third-order valence-electron chi connectivity index (χ3n) is 5.12. The average Bonchev–Trinajstić information content (AvgIpc) is 2.70. The van der Waals surface area contributed by atoms with Gasteiger partial charge in [0.1, 0.15) is 12.0 Å². The molecule has 3 rings (SSSR count). The molecule has 2 aromatic rings. The molecule has 0 amide bonds. The van der Waals surface area contributed by atoms with Gasteiger partial charge in [0.2, 0.25) is 0 Å². The number of rotatable bonds is 6. The normalized spacial score (nSPS) is 14.9. The minimum atomic E-state index is -0.106. The third kappa shape index (κ3) is 4.52. The summed E-state index contributed by atoms with van der Waals surface area (Å²) in [5.41, 5.74) is 9.10. The molecule has 1 aromatic carbocycles. The Labute approximate surface area is 166 Å². The zero-order valence-corrected chi connectivity index (χ0v) is 16.8. The molecule has 7 nitrogen and oxygen atoms in total. The van der Waals surface area contributed by atoms with Crippen LogP contribution in [0.5, 0.6) is 0 Å². The van der Waals surface area contributed by atoms with Gasteiger partial charge >= 0.3 is 5.97 Å². The van der Waals surface area contributed by atoms with Crippen molar-refractivity contribution in [2.75, 3.05) is 35.6 Å². The topological polar surface area (TPSA) is 93.4 Å². The van der Waals surface area contributed by atoms with Gasteiger partial charge in [0, 0.05) is 18.8 Å². The molecule has 0 radical (unpaired) electrons. The van der Waals surface area contributed by atoms with Gasteiger partial charge in [-0.2, -0.15) is 0 Å². The van der Waals surface area contributed by atoms with Crippen molar-refractivity contribution in [3.63, 3.8) is 0 Å². The van der Waals surface area contributed by atoms with E-state index in [1.165, 1.54) is 11.9 Å². The predicted octanol–water partition coefficient (Wildman–Crippen LogP) is 3.71. The molecule has 1 aliphatic rings. The Morgan fingerprint density at radius 1 is 1.25 bits per heavy atom. The van der Waals surface area contributed by atoms with Gasteiger partial charge in [-0.1, -0.05) is 26.0 Å². The molecule has 2 heterocycles. The molecular formula is C21H29N5O2. The first-order valence-corrected chi connectivity index (χ1v) is 9.88. The van der Waals surface area contributed by atoms with Crippen LogP contribution in [-0.4, -0.2) is 35.6 Å². The van der Waals surface area contributed by atoms with Gasteiger partial charge in [0.05, 0.1) is 12.5 Å². The minimum absolute atomic E-state index is 0.0451. The maximum absolute atomic E-state index is 11.9. The highest BCUT2D eigenvalue weighted by atomic mass is 16.5. The van der Waals surface area contributed by atoms with E-state index in [2.05, 4.69) is 46.2 Å². The quantitative estimate of drug-likeness (QED) is 0.735. The van der Waals surface area contributed by atoms with Gasteiger partial charge in [-0.15, -0.1) is 0 Å². The number of esters is 1. The highest BCUT2D eigenvalue weighted by molar-refractivity contribution is 5.79. The largest absolute Gasteiger partial charge is 0.466 e. The van der Waals surface area contributed by atoms with Crippen molar-refractivity contribution in [1.82, 2.24) is 9.97 Å². The van der Waals surface area contributed by atoms with Gasteiger partial charge in [-0.3, -0.25) is 4.79 Å². The summed E-state index contributed by atoms with van der Waals surface area (Å²) in [7, 11) is 0. The molecule has 0 aliphatic carbocycles. The highest BCUT2D eigenvalue weighted by Crippen LogP contribution is 2.31. The predicted molar refractivity (Wildman–Crippen MR) is 112 cm³/mol. The summed E-state index contributed by atoms with van der Waals surface area (Å²) in [6, 6.07) is 8.26. The summed E-state index contributed by atoms with van der Waals surface area (Å²) in [6.45, 7) is 8.02. The Bertz CT molecular complexity index is 799. The monoisotopic (exact) mass is 383 g/mol. The van der Waals surface area contributed by atoms with E-state index in [9.17, 15) is 4.79 Å². The molecule has 1 aromatic heterocycles. The summed E-state index contributed by atoms with van der Waals surface area (Å²) in [4.78, 5) is 22.7. The van der Waals surface area contributed by atoms with E-state index in [-0.39, 0.29) is 11.9 Å². The maximum atomic E-state index is 11.9. The number of hydrogen-bond donors (Lipinski definition) is 2. The van der Waals surface area contributed by atoms with Gasteiger partial charge in [-0.25, -0.2) is 9.97 Å². The Morgan fingerprint density at radius 2 is 1.93 bits per heavy atom. The SMILES string of the molecule is CCOC(=O)C1CCN(c2ncnc(Nc3ccc(C(C)C)cc3)c2N)CC1. The zero-order valence-electron chi connectivity index (χ0n) is 16.8. The van der Waals surface area contributed by atoms with E-state index < -0.39 is 0 Å². The fourth-order valence-electron chi connectivity index (χ4n) is 3.41. The first-order chi connectivity index (χ1) is 13.5. The summed E-state index contributed by atoms with van der Waals surface area (Å²) in [5, 5.41) is 3.28. The van der Waals surface area contributed by atoms with Crippen LogP contribution in [0.15, 0.2) is 30.6 Å². The number of nitrogen functional groups attached to an aromatic ring is 1. The zero-order chi connectivity index (χ0) is 20.1. The lowest BCUT2D eigenvalue weighted by Gasteiger charge is -2.32. The Balaban J connectivity index is 1.69. The molecule has 0 atom stereocenters. The molecule has 150 valence electrons. The third-order valence-corrected chi connectivity index (χ3v) is 5.12. The standard InChI is InChI=1S/C21H29N5O2/c1-4-28-21(27)16-9-11-26(12-10-16)20-18(22)19(23-13-24-20)25-17-7-5-15(6-8-17)14(2)3/h5-8,13-14,16H,4,9-12,22H2,1-3H3,(H,23,24,25). The number of nitrogens with one attached hydrogen (secondary N) is 1. The van der Waals surface area contributed by atoms with Gasteiger partial charge in [-0.05, 0) is 43.4 Å². The number of nitrogens with two attached hydrogens (primary N) is 1. The average molecular weight is 383 g/mol. The number of nitrogens with zero attached hydrogens (tertiary/aromatic N) is 3. The second-order valence-corrected chi connectivity index (χ2v) is 7.37. The van der Waals surface area contributed by atoms with Crippen LogP contribution in [0.4, 0.5) is 23.0 Å². The Morgan fingerprint density at radius 3 is 2.54 bits per heavy atom. The van der Waals surface area contributed by atoms with Crippen molar-refractivity contribution in [2.45, 2.75) is 39.5 Å². The number of benzene rings is 1. The molecule has 0 bridgehead atoms. The van der Waals surface area contributed by atoms with Crippen molar-refractivity contribution in [3.8, 4) is 0 Å². The number of carbonyl (C=O) groups excluding carboxylic acids is 1. The van der Waals surface area contributed by atoms with Gasteiger partial charge in [0.25, 0.3) is 0 Å². The van der Waals surface area contributed by atoms with Crippen LogP contribution in [-0.2, 0) is 9.53 Å². The number of aromatic nitrogens is 2.